The molecule has 2 N–H and O–H groups in total. The SMILES string of the molecule is CC(C)COc1ccc(C(C)NC(=O)C2COCCN2)cc1. The van der Waals surface area contributed by atoms with Gasteiger partial charge in [-0.25, -0.2) is 0 Å². The van der Waals surface area contributed by atoms with Crippen LogP contribution in [0.1, 0.15) is 32.4 Å². The summed E-state index contributed by atoms with van der Waals surface area (Å²) >= 11 is 0. The lowest BCUT2D eigenvalue weighted by atomic mass is 10.1. The molecule has 1 aliphatic rings. The average Bonchev–Trinajstić information content (AvgIpc) is 2.54. The van der Waals surface area contributed by atoms with Gasteiger partial charge in [0.25, 0.3) is 0 Å². The molecule has 2 unspecified atom stereocenters. The van der Waals surface area contributed by atoms with E-state index in [0.717, 1.165) is 11.3 Å². The second kappa shape index (κ2) is 8.15. The fourth-order valence-electron chi connectivity index (χ4n) is 2.25. The van der Waals surface area contributed by atoms with Gasteiger partial charge in [0.05, 0.1) is 25.9 Å². The highest BCUT2D eigenvalue weighted by molar-refractivity contribution is 5.82. The molecule has 0 aromatic heterocycles. The molecule has 1 aromatic rings. The van der Waals surface area contributed by atoms with Crippen LogP contribution in [0.3, 0.4) is 0 Å². The third kappa shape index (κ3) is 5.00. The normalized spacial score (nSPS) is 19.7. The topological polar surface area (TPSA) is 59.6 Å². The van der Waals surface area contributed by atoms with E-state index in [1.54, 1.807) is 0 Å². The van der Waals surface area contributed by atoms with E-state index < -0.39 is 0 Å². The minimum Gasteiger partial charge on any atom is -0.493 e. The van der Waals surface area contributed by atoms with Crippen molar-refractivity contribution in [1.29, 1.82) is 0 Å². The molecular weight excluding hydrogens is 280 g/mol. The Bertz CT molecular complexity index is 467. The zero-order chi connectivity index (χ0) is 15.9. The van der Waals surface area contributed by atoms with Crippen LogP contribution in [-0.4, -0.2) is 38.3 Å². The number of hydrogen-bond acceptors (Lipinski definition) is 4. The van der Waals surface area contributed by atoms with E-state index >= 15 is 0 Å². The van der Waals surface area contributed by atoms with Gasteiger partial charge in [0.2, 0.25) is 5.91 Å². The third-order valence-corrected chi connectivity index (χ3v) is 3.56. The molecule has 22 heavy (non-hydrogen) atoms. The Kier molecular flexibility index (Phi) is 6.21. The monoisotopic (exact) mass is 306 g/mol. The van der Waals surface area contributed by atoms with E-state index in [9.17, 15) is 4.79 Å². The molecule has 2 atom stereocenters. The van der Waals surface area contributed by atoms with Gasteiger partial charge in [-0.05, 0) is 30.5 Å². The maximum atomic E-state index is 12.1. The summed E-state index contributed by atoms with van der Waals surface area (Å²) in [6.45, 7) is 8.74. The van der Waals surface area contributed by atoms with E-state index in [1.165, 1.54) is 0 Å². The second-order valence-corrected chi connectivity index (χ2v) is 6.09. The van der Waals surface area contributed by atoms with Crippen LogP contribution in [0.4, 0.5) is 0 Å². The van der Waals surface area contributed by atoms with Crippen molar-refractivity contribution in [2.45, 2.75) is 32.9 Å². The maximum Gasteiger partial charge on any atom is 0.240 e. The second-order valence-electron chi connectivity index (χ2n) is 6.09. The van der Waals surface area contributed by atoms with Crippen molar-refractivity contribution in [3.63, 3.8) is 0 Å². The van der Waals surface area contributed by atoms with E-state index in [0.29, 0.717) is 32.3 Å². The fourth-order valence-corrected chi connectivity index (χ4v) is 2.25. The summed E-state index contributed by atoms with van der Waals surface area (Å²) in [6, 6.07) is 7.57. The molecule has 0 bridgehead atoms. The lowest BCUT2D eigenvalue weighted by Gasteiger charge is -2.25. The molecule has 0 aliphatic carbocycles. The first-order valence-corrected chi connectivity index (χ1v) is 7.90. The molecule has 1 aromatic carbocycles. The van der Waals surface area contributed by atoms with Crippen molar-refractivity contribution < 1.29 is 14.3 Å². The molecule has 0 saturated carbocycles. The largest absolute Gasteiger partial charge is 0.493 e. The van der Waals surface area contributed by atoms with Crippen molar-refractivity contribution >= 4 is 5.91 Å². The van der Waals surface area contributed by atoms with Crippen LogP contribution in [0.25, 0.3) is 0 Å². The van der Waals surface area contributed by atoms with Crippen molar-refractivity contribution in [1.82, 2.24) is 10.6 Å². The van der Waals surface area contributed by atoms with Crippen molar-refractivity contribution in [3.8, 4) is 5.75 Å². The smallest absolute Gasteiger partial charge is 0.240 e. The number of rotatable bonds is 6. The number of carbonyl (C=O) groups excluding carboxylic acids is 1. The minimum atomic E-state index is -0.259. The summed E-state index contributed by atoms with van der Waals surface area (Å²) in [5.41, 5.74) is 1.06. The van der Waals surface area contributed by atoms with Crippen LogP contribution in [-0.2, 0) is 9.53 Å². The van der Waals surface area contributed by atoms with Gasteiger partial charge in [0.15, 0.2) is 0 Å². The number of carbonyl (C=O) groups is 1. The molecule has 0 spiro atoms. The van der Waals surface area contributed by atoms with Crippen molar-refractivity contribution in [2.24, 2.45) is 5.92 Å². The van der Waals surface area contributed by atoms with Gasteiger partial charge in [0.1, 0.15) is 11.8 Å². The number of ether oxygens (including phenoxy) is 2. The predicted molar refractivity (Wildman–Crippen MR) is 85.9 cm³/mol. The van der Waals surface area contributed by atoms with Gasteiger partial charge >= 0.3 is 0 Å². The van der Waals surface area contributed by atoms with Gasteiger partial charge in [-0.2, -0.15) is 0 Å². The Morgan fingerprint density at radius 1 is 1.36 bits per heavy atom. The zero-order valence-corrected chi connectivity index (χ0v) is 13.6. The quantitative estimate of drug-likeness (QED) is 0.842. The molecule has 5 nitrogen and oxygen atoms in total. The first-order valence-electron chi connectivity index (χ1n) is 7.90. The lowest BCUT2D eigenvalue weighted by molar-refractivity contribution is -0.126. The van der Waals surface area contributed by atoms with E-state index in [4.69, 9.17) is 9.47 Å². The number of amides is 1. The predicted octanol–water partition coefficient (Wildman–Crippen LogP) is 1.89. The Balaban J connectivity index is 1.86. The summed E-state index contributed by atoms with van der Waals surface area (Å²) in [5, 5.41) is 6.17. The maximum absolute atomic E-state index is 12.1. The molecule has 5 heteroatoms. The molecule has 2 rings (SSSR count). The molecule has 1 amide bonds. The highest BCUT2D eigenvalue weighted by Gasteiger charge is 2.22. The molecule has 1 aliphatic heterocycles. The zero-order valence-electron chi connectivity index (χ0n) is 13.6. The summed E-state index contributed by atoms with van der Waals surface area (Å²) in [4.78, 5) is 12.1. The van der Waals surface area contributed by atoms with Crippen LogP contribution in [0, 0.1) is 5.92 Å². The molecule has 1 heterocycles. The summed E-state index contributed by atoms with van der Waals surface area (Å²) in [5.74, 6) is 1.34. The number of benzene rings is 1. The number of morpholine rings is 1. The Morgan fingerprint density at radius 2 is 2.09 bits per heavy atom. The van der Waals surface area contributed by atoms with Gasteiger partial charge in [-0.1, -0.05) is 26.0 Å². The average molecular weight is 306 g/mol. The van der Waals surface area contributed by atoms with Crippen molar-refractivity contribution in [3.05, 3.63) is 29.8 Å². The first-order chi connectivity index (χ1) is 10.6. The molecular formula is C17H26N2O3. The highest BCUT2D eigenvalue weighted by Crippen LogP contribution is 2.18. The molecule has 1 saturated heterocycles. The molecule has 122 valence electrons. The van der Waals surface area contributed by atoms with E-state index in [1.807, 2.05) is 31.2 Å². The number of hydrogen-bond donors (Lipinski definition) is 2. The van der Waals surface area contributed by atoms with Crippen LogP contribution >= 0.6 is 0 Å². The van der Waals surface area contributed by atoms with Crippen LogP contribution in [0.5, 0.6) is 5.75 Å². The fraction of sp³-hybridized carbons (Fsp3) is 0.588. The van der Waals surface area contributed by atoms with E-state index in [-0.39, 0.29) is 18.0 Å². The summed E-state index contributed by atoms with van der Waals surface area (Å²) < 4.78 is 11.0. The lowest BCUT2D eigenvalue weighted by Crippen LogP contribution is -2.51. The Morgan fingerprint density at radius 3 is 2.68 bits per heavy atom. The van der Waals surface area contributed by atoms with E-state index in [2.05, 4.69) is 24.5 Å². The van der Waals surface area contributed by atoms with Gasteiger partial charge in [-0.3, -0.25) is 4.79 Å². The standard InChI is InChI=1S/C17H26N2O3/c1-12(2)10-22-15-6-4-14(5-7-15)13(3)19-17(20)16-11-21-9-8-18-16/h4-7,12-13,16,18H,8-11H2,1-3H3,(H,19,20). The third-order valence-electron chi connectivity index (χ3n) is 3.56. The Hall–Kier alpha value is -1.59. The molecule has 0 radical (unpaired) electrons. The summed E-state index contributed by atoms with van der Waals surface area (Å²) in [6.07, 6.45) is 0. The van der Waals surface area contributed by atoms with Gasteiger partial charge < -0.3 is 20.1 Å². The van der Waals surface area contributed by atoms with Gasteiger partial charge in [0, 0.05) is 6.54 Å². The Labute approximate surface area is 132 Å². The summed E-state index contributed by atoms with van der Waals surface area (Å²) in [7, 11) is 0. The van der Waals surface area contributed by atoms with Crippen LogP contribution < -0.4 is 15.4 Å². The highest BCUT2D eigenvalue weighted by atomic mass is 16.5. The van der Waals surface area contributed by atoms with Crippen LogP contribution in [0.2, 0.25) is 0 Å². The molecule has 1 fully saturated rings. The minimum absolute atomic E-state index is 0.0210. The van der Waals surface area contributed by atoms with Gasteiger partial charge in [-0.15, -0.1) is 0 Å². The van der Waals surface area contributed by atoms with Crippen molar-refractivity contribution in [2.75, 3.05) is 26.4 Å². The van der Waals surface area contributed by atoms with Crippen LogP contribution in [0.15, 0.2) is 24.3 Å². The number of nitrogens with one attached hydrogen (secondary N) is 2. The first kappa shape index (κ1) is 16.8.